The first-order valence-corrected chi connectivity index (χ1v) is 9.27. The highest BCUT2D eigenvalue weighted by Gasteiger charge is 2.07. The molecule has 0 unspecified atom stereocenters. The summed E-state index contributed by atoms with van der Waals surface area (Å²) >= 11 is 0. The van der Waals surface area contributed by atoms with Crippen molar-refractivity contribution in [3.8, 4) is 0 Å². The Morgan fingerprint density at radius 1 is 0.929 bits per heavy atom. The Labute approximate surface area is 166 Å². The first kappa shape index (κ1) is 24.1. The second kappa shape index (κ2) is 17.2. The number of nitrogens with zero attached hydrogens (tertiary/aromatic N) is 2. The average molecular weight is 398 g/mol. The van der Waals surface area contributed by atoms with Crippen molar-refractivity contribution in [1.29, 1.82) is 0 Å². The number of carbonyl (C=O) groups excluding carboxylic acids is 1. The van der Waals surface area contributed by atoms with E-state index in [0.717, 1.165) is 0 Å². The van der Waals surface area contributed by atoms with Gasteiger partial charge in [0.05, 0.1) is 59.3 Å². The van der Waals surface area contributed by atoms with Gasteiger partial charge in [0.15, 0.2) is 0 Å². The lowest BCUT2D eigenvalue weighted by Gasteiger charge is -2.18. The van der Waals surface area contributed by atoms with Gasteiger partial charge < -0.3 is 39.1 Å². The Bertz CT molecular complexity index is 491. The Kier molecular flexibility index (Phi) is 14.8. The van der Waals surface area contributed by atoms with Crippen LogP contribution in [0.5, 0.6) is 0 Å². The van der Waals surface area contributed by atoms with Crippen LogP contribution in [-0.2, 0) is 28.5 Å². The lowest BCUT2D eigenvalue weighted by atomic mass is 10.1. The zero-order chi connectivity index (χ0) is 20.3. The Morgan fingerprint density at radius 2 is 1.54 bits per heavy atom. The first-order valence-electron chi connectivity index (χ1n) is 9.27. The number of nitrogens with one attached hydrogen (secondary N) is 1. The van der Waals surface area contributed by atoms with Crippen LogP contribution in [0.3, 0.4) is 0 Å². The molecule has 11 heteroatoms. The number of hydrogen-bond acceptors (Lipinski definition) is 8. The van der Waals surface area contributed by atoms with Crippen LogP contribution >= 0.6 is 0 Å². The second-order valence-electron chi connectivity index (χ2n) is 5.69. The molecule has 0 saturated carbocycles. The summed E-state index contributed by atoms with van der Waals surface area (Å²) in [6.45, 7) is 4.21. The van der Waals surface area contributed by atoms with Gasteiger partial charge in [-0.05, 0) is 12.3 Å². The zero-order valence-electron chi connectivity index (χ0n) is 16.1. The maximum Gasteiger partial charge on any atom is 0.410 e. The van der Waals surface area contributed by atoms with Crippen LogP contribution in [0.15, 0.2) is 17.2 Å². The molecule has 0 bridgehead atoms. The van der Waals surface area contributed by atoms with Crippen molar-refractivity contribution in [2.24, 2.45) is 4.90 Å². The Hall–Kier alpha value is -1.95. The normalized spacial score (nSPS) is 12.8. The number of amides is 1. The molecule has 0 aromatic heterocycles. The van der Waals surface area contributed by atoms with Crippen molar-refractivity contribution in [3.05, 3.63) is 12.3 Å². The van der Waals surface area contributed by atoms with E-state index in [-0.39, 0.29) is 18.9 Å². The van der Waals surface area contributed by atoms with Crippen molar-refractivity contribution in [2.45, 2.75) is 12.8 Å². The average Bonchev–Trinajstić information content (AvgIpc) is 2.70. The summed E-state index contributed by atoms with van der Waals surface area (Å²) < 4.78 is 21.1. The van der Waals surface area contributed by atoms with Gasteiger partial charge in [0.2, 0.25) is 5.91 Å². The highest BCUT2D eigenvalue weighted by atomic mass is 16.6. The molecule has 0 aromatic carbocycles. The van der Waals surface area contributed by atoms with Crippen LogP contribution in [-0.4, -0.2) is 102 Å². The molecule has 10 nitrogen and oxygen atoms in total. The van der Waals surface area contributed by atoms with E-state index in [2.05, 4.69) is 10.2 Å². The van der Waals surface area contributed by atoms with E-state index in [9.17, 15) is 9.59 Å². The molecule has 0 aliphatic carbocycles. The van der Waals surface area contributed by atoms with Gasteiger partial charge in [-0.25, -0.2) is 0 Å². The smallest absolute Gasteiger partial charge is 0.410 e. The summed E-state index contributed by atoms with van der Waals surface area (Å²) in [6, 6.07) is 0. The number of hydrogen-bond donors (Lipinski definition) is 2. The zero-order valence-corrected chi connectivity index (χ0v) is 16.1. The standard InChI is InChI=1S/C17H29BN3O7/c22-16(2-7-21-6-1-4-20-18-21)19-5-9-26-11-13-28-15-14-27-12-10-25-8-3-17(23)24/h1,4,6H,2-3,5,7-15H2,(H,19,22)(H,23,24). The van der Waals surface area contributed by atoms with Gasteiger partial charge in [0.25, 0.3) is 0 Å². The fourth-order valence-corrected chi connectivity index (χ4v) is 2.00. The van der Waals surface area contributed by atoms with Gasteiger partial charge in [0, 0.05) is 25.7 Å². The van der Waals surface area contributed by atoms with E-state index < -0.39 is 5.97 Å². The van der Waals surface area contributed by atoms with Crippen LogP contribution in [0, 0.1) is 0 Å². The van der Waals surface area contributed by atoms with Crippen molar-refractivity contribution >= 4 is 25.6 Å². The van der Waals surface area contributed by atoms with Crippen LogP contribution in [0.1, 0.15) is 12.8 Å². The van der Waals surface area contributed by atoms with E-state index in [0.29, 0.717) is 65.8 Å². The van der Waals surface area contributed by atoms with Gasteiger partial charge in [-0.3, -0.25) is 9.59 Å². The quantitative estimate of drug-likeness (QED) is 0.234. The van der Waals surface area contributed by atoms with Crippen molar-refractivity contribution in [1.82, 2.24) is 10.1 Å². The molecule has 1 aliphatic heterocycles. The molecule has 0 fully saturated rings. The minimum absolute atomic E-state index is 0.00272. The molecule has 1 amide bonds. The first-order chi connectivity index (χ1) is 13.7. The lowest BCUT2D eigenvalue weighted by molar-refractivity contribution is -0.138. The molecule has 0 atom stereocenters. The fourth-order valence-electron chi connectivity index (χ4n) is 2.00. The van der Waals surface area contributed by atoms with E-state index in [1.165, 1.54) is 0 Å². The van der Waals surface area contributed by atoms with E-state index in [4.69, 9.17) is 24.1 Å². The van der Waals surface area contributed by atoms with Gasteiger partial charge in [-0.2, -0.15) is 0 Å². The topological polar surface area (TPSA) is 119 Å². The van der Waals surface area contributed by atoms with E-state index in [1.807, 2.05) is 17.1 Å². The minimum atomic E-state index is -0.876. The number of carbonyl (C=O) groups is 2. The SMILES string of the molecule is O=C(O)CCOCCOCCOCCOCCNC(=O)CCN1[B]N=CC=C1. The van der Waals surface area contributed by atoms with Crippen molar-refractivity contribution < 1.29 is 33.6 Å². The van der Waals surface area contributed by atoms with Gasteiger partial charge in [0.1, 0.15) is 0 Å². The predicted octanol–water partition coefficient (Wildman–Crippen LogP) is -0.532. The van der Waals surface area contributed by atoms with Gasteiger partial charge in [-0.15, -0.1) is 0 Å². The second-order valence-corrected chi connectivity index (χ2v) is 5.69. The third-order valence-corrected chi connectivity index (χ3v) is 3.41. The van der Waals surface area contributed by atoms with Crippen molar-refractivity contribution in [3.63, 3.8) is 0 Å². The number of ether oxygens (including phenoxy) is 4. The van der Waals surface area contributed by atoms with Gasteiger partial charge in [-0.1, -0.05) is 0 Å². The molecule has 28 heavy (non-hydrogen) atoms. The van der Waals surface area contributed by atoms with E-state index >= 15 is 0 Å². The summed E-state index contributed by atoms with van der Waals surface area (Å²) in [6.07, 6.45) is 5.76. The number of carboxylic acid groups (broad SMARTS) is 1. The van der Waals surface area contributed by atoms with Gasteiger partial charge >= 0.3 is 13.5 Å². The van der Waals surface area contributed by atoms with Crippen LogP contribution in [0.4, 0.5) is 0 Å². The summed E-state index contributed by atoms with van der Waals surface area (Å²) in [5, 5.41) is 11.2. The largest absolute Gasteiger partial charge is 0.481 e. The highest BCUT2D eigenvalue weighted by molar-refractivity contribution is 6.33. The third-order valence-electron chi connectivity index (χ3n) is 3.41. The summed E-state index contributed by atoms with van der Waals surface area (Å²) in [5.74, 6) is -0.904. The lowest BCUT2D eigenvalue weighted by Crippen LogP contribution is -2.32. The predicted molar refractivity (Wildman–Crippen MR) is 103 cm³/mol. The summed E-state index contributed by atoms with van der Waals surface area (Å²) in [7, 11) is 1.68. The molecule has 1 rings (SSSR count). The molecule has 1 heterocycles. The molecule has 0 spiro atoms. The number of aliphatic carboxylic acids is 1. The maximum atomic E-state index is 11.7. The van der Waals surface area contributed by atoms with Crippen molar-refractivity contribution in [2.75, 3.05) is 65.9 Å². The molecule has 1 aliphatic rings. The number of allylic oxidation sites excluding steroid dienone is 1. The van der Waals surface area contributed by atoms with Crippen LogP contribution in [0.25, 0.3) is 0 Å². The molecular weight excluding hydrogens is 369 g/mol. The molecule has 157 valence electrons. The molecule has 1 radical (unpaired) electrons. The van der Waals surface area contributed by atoms with Crippen LogP contribution < -0.4 is 5.32 Å². The minimum Gasteiger partial charge on any atom is -0.481 e. The summed E-state index contributed by atoms with van der Waals surface area (Å²) in [5.41, 5.74) is 0. The maximum absolute atomic E-state index is 11.7. The van der Waals surface area contributed by atoms with E-state index in [1.54, 1.807) is 13.8 Å². The monoisotopic (exact) mass is 398 g/mol. The third kappa shape index (κ3) is 15.1. The Balaban J connectivity index is 1.74. The number of carboxylic acids is 1. The Morgan fingerprint density at radius 3 is 2.11 bits per heavy atom. The molecule has 0 saturated heterocycles. The highest BCUT2D eigenvalue weighted by Crippen LogP contribution is 1.95. The molecule has 2 N–H and O–H groups in total. The molecule has 0 aromatic rings. The fraction of sp³-hybridized carbons (Fsp3) is 0.706. The number of rotatable bonds is 18. The summed E-state index contributed by atoms with van der Waals surface area (Å²) in [4.78, 5) is 27.8. The molecular formula is C17H29BN3O7. The van der Waals surface area contributed by atoms with Crippen LogP contribution in [0.2, 0.25) is 0 Å².